The average molecular weight is 257 g/mol. The summed E-state index contributed by atoms with van der Waals surface area (Å²) < 4.78 is 13.2. The number of benzene rings is 1. The van der Waals surface area contributed by atoms with Crippen molar-refractivity contribution in [2.75, 3.05) is 0 Å². The molecular formula is C17H20FN. The predicted octanol–water partition coefficient (Wildman–Crippen LogP) is 3.45. The minimum atomic E-state index is -0.0827. The van der Waals surface area contributed by atoms with Gasteiger partial charge in [0.15, 0.2) is 0 Å². The van der Waals surface area contributed by atoms with Gasteiger partial charge in [0.05, 0.1) is 0 Å². The minimum absolute atomic E-state index is 0.0827. The van der Waals surface area contributed by atoms with Gasteiger partial charge in [-0.15, -0.1) is 0 Å². The lowest BCUT2D eigenvalue weighted by Gasteiger charge is -2.17. The maximum Gasteiger partial charge on any atom is 0.123 e. The van der Waals surface area contributed by atoms with E-state index in [2.05, 4.69) is 5.32 Å². The van der Waals surface area contributed by atoms with Gasteiger partial charge in [0.2, 0.25) is 0 Å². The third kappa shape index (κ3) is 1.44. The molecule has 0 spiro atoms. The van der Waals surface area contributed by atoms with Crippen LogP contribution >= 0.6 is 0 Å². The number of rotatable bonds is 2. The topological polar surface area (TPSA) is 12.0 Å². The molecule has 5 unspecified atom stereocenters. The molecule has 1 aromatic carbocycles. The molecule has 1 N–H and O–H groups in total. The van der Waals surface area contributed by atoms with Gasteiger partial charge in [-0.1, -0.05) is 6.07 Å². The lowest BCUT2D eigenvalue weighted by Crippen LogP contribution is -2.26. The van der Waals surface area contributed by atoms with Crippen LogP contribution in [0.25, 0.3) is 0 Å². The molecule has 3 saturated carbocycles. The lowest BCUT2D eigenvalue weighted by molar-refractivity contribution is 0.420. The molecule has 100 valence electrons. The average Bonchev–Trinajstić information content (AvgIpc) is 2.79. The van der Waals surface area contributed by atoms with E-state index >= 15 is 0 Å². The molecule has 4 aliphatic carbocycles. The molecule has 0 amide bonds. The van der Waals surface area contributed by atoms with E-state index in [-0.39, 0.29) is 5.82 Å². The van der Waals surface area contributed by atoms with Crippen molar-refractivity contribution in [3.63, 3.8) is 0 Å². The monoisotopic (exact) mass is 257 g/mol. The van der Waals surface area contributed by atoms with Crippen molar-refractivity contribution < 1.29 is 4.39 Å². The maximum absolute atomic E-state index is 13.2. The smallest absolute Gasteiger partial charge is 0.123 e. The highest BCUT2D eigenvalue weighted by atomic mass is 19.1. The Kier molecular flexibility index (Phi) is 2.06. The first-order valence-corrected chi connectivity index (χ1v) is 7.85. The zero-order valence-electron chi connectivity index (χ0n) is 11.1. The second-order valence-corrected chi connectivity index (χ2v) is 7.11. The van der Waals surface area contributed by atoms with Gasteiger partial charge in [-0.2, -0.15) is 0 Å². The van der Waals surface area contributed by atoms with Crippen molar-refractivity contribution in [1.82, 2.24) is 5.32 Å². The van der Waals surface area contributed by atoms with Crippen molar-refractivity contribution in [3.05, 3.63) is 35.1 Å². The lowest BCUT2D eigenvalue weighted by atomic mass is 10.0. The first kappa shape index (κ1) is 10.8. The molecule has 0 aliphatic heterocycles. The molecule has 4 aliphatic rings. The van der Waals surface area contributed by atoms with Crippen LogP contribution in [0.15, 0.2) is 18.2 Å². The van der Waals surface area contributed by atoms with E-state index in [0.717, 1.165) is 42.6 Å². The van der Waals surface area contributed by atoms with Gasteiger partial charge in [0.1, 0.15) is 5.82 Å². The van der Waals surface area contributed by atoms with Crippen molar-refractivity contribution in [2.24, 2.45) is 23.7 Å². The van der Waals surface area contributed by atoms with Gasteiger partial charge < -0.3 is 5.32 Å². The molecule has 2 heteroatoms. The summed E-state index contributed by atoms with van der Waals surface area (Å²) >= 11 is 0. The normalized spacial score (nSPS) is 45.3. The Labute approximate surface area is 113 Å². The molecule has 19 heavy (non-hydrogen) atoms. The highest BCUT2D eigenvalue weighted by Crippen LogP contribution is 2.66. The second-order valence-electron chi connectivity index (χ2n) is 7.11. The number of nitrogens with one attached hydrogen (secondary N) is 1. The van der Waals surface area contributed by atoms with Crippen molar-refractivity contribution in [2.45, 2.75) is 44.2 Å². The van der Waals surface area contributed by atoms with Crippen LogP contribution in [-0.2, 0) is 6.42 Å². The Hall–Kier alpha value is -0.890. The van der Waals surface area contributed by atoms with Crippen molar-refractivity contribution in [1.29, 1.82) is 0 Å². The fraction of sp³-hybridized carbons (Fsp3) is 0.647. The zero-order chi connectivity index (χ0) is 12.6. The van der Waals surface area contributed by atoms with E-state index in [0.29, 0.717) is 6.04 Å². The van der Waals surface area contributed by atoms with E-state index in [1.807, 2.05) is 6.07 Å². The Morgan fingerprint density at radius 1 is 1.05 bits per heavy atom. The highest BCUT2D eigenvalue weighted by Gasteiger charge is 2.65. The standard InChI is InChI=1S/C17H20FN/c18-12-4-5-13-9(8-12)3-6-14(13)19-17-15-10-1-2-11(7-10)16(15)17/h4-5,8,10-11,14-17,19H,1-3,6-7H2. The van der Waals surface area contributed by atoms with Crippen LogP contribution in [0.5, 0.6) is 0 Å². The number of halogens is 1. The quantitative estimate of drug-likeness (QED) is 0.855. The van der Waals surface area contributed by atoms with E-state index in [1.165, 1.54) is 30.4 Å². The molecule has 5 atom stereocenters. The Morgan fingerprint density at radius 2 is 1.84 bits per heavy atom. The Morgan fingerprint density at radius 3 is 2.63 bits per heavy atom. The molecule has 0 saturated heterocycles. The summed E-state index contributed by atoms with van der Waals surface area (Å²) in [7, 11) is 0. The van der Waals surface area contributed by atoms with Gasteiger partial charge in [0, 0.05) is 12.1 Å². The van der Waals surface area contributed by atoms with Crippen LogP contribution < -0.4 is 5.32 Å². The second kappa shape index (κ2) is 3.60. The van der Waals surface area contributed by atoms with E-state index in [9.17, 15) is 4.39 Å². The fourth-order valence-corrected chi connectivity index (χ4v) is 5.54. The van der Waals surface area contributed by atoms with Crippen molar-refractivity contribution in [3.8, 4) is 0 Å². The van der Waals surface area contributed by atoms with Gasteiger partial charge in [-0.25, -0.2) is 4.39 Å². The van der Waals surface area contributed by atoms with Crippen LogP contribution in [0.4, 0.5) is 4.39 Å². The van der Waals surface area contributed by atoms with Crippen molar-refractivity contribution >= 4 is 0 Å². The Bertz CT molecular complexity index is 524. The molecule has 2 bridgehead atoms. The number of hydrogen-bond acceptors (Lipinski definition) is 1. The molecule has 0 radical (unpaired) electrons. The highest BCUT2D eigenvalue weighted by molar-refractivity contribution is 5.35. The van der Waals surface area contributed by atoms with E-state index < -0.39 is 0 Å². The summed E-state index contributed by atoms with van der Waals surface area (Å²) in [6.07, 6.45) is 6.68. The van der Waals surface area contributed by atoms with Gasteiger partial charge >= 0.3 is 0 Å². The third-order valence-corrected chi connectivity index (χ3v) is 6.31. The maximum atomic E-state index is 13.2. The molecule has 0 aromatic heterocycles. The minimum Gasteiger partial charge on any atom is -0.307 e. The van der Waals surface area contributed by atoms with E-state index in [4.69, 9.17) is 0 Å². The summed E-state index contributed by atoms with van der Waals surface area (Å²) in [6, 6.07) is 6.63. The van der Waals surface area contributed by atoms with Crippen LogP contribution in [0, 0.1) is 29.5 Å². The summed E-state index contributed by atoms with van der Waals surface area (Å²) in [6.45, 7) is 0. The van der Waals surface area contributed by atoms with Gasteiger partial charge in [0.25, 0.3) is 0 Å². The summed E-state index contributed by atoms with van der Waals surface area (Å²) in [4.78, 5) is 0. The number of hydrogen-bond donors (Lipinski definition) is 1. The van der Waals surface area contributed by atoms with Crippen LogP contribution in [0.2, 0.25) is 0 Å². The molecule has 3 fully saturated rings. The zero-order valence-corrected chi connectivity index (χ0v) is 11.1. The molecule has 5 rings (SSSR count). The largest absolute Gasteiger partial charge is 0.307 e. The SMILES string of the molecule is Fc1ccc2c(c1)CCC2NC1C2C3CCC(C3)C12. The predicted molar refractivity (Wildman–Crippen MR) is 72.2 cm³/mol. The number of fused-ring (bicyclic) bond motifs is 6. The Balaban J connectivity index is 1.35. The van der Waals surface area contributed by atoms with Crippen LogP contribution in [-0.4, -0.2) is 6.04 Å². The first-order valence-electron chi connectivity index (χ1n) is 7.85. The molecule has 1 aromatic rings. The summed E-state index contributed by atoms with van der Waals surface area (Å²) in [5.41, 5.74) is 2.59. The number of aryl methyl sites for hydroxylation is 1. The molecule has 1 nitrogen and oxygen atoms in total. The van der Waals surface area contributed by atoms with Crippen LogP contribution in [0.1, 0.15) is 42.9 Å². The molecular weight excluding hydrogens is 237 g/mol. The third-order valence-electron chi connectivity index (χ3n) is 6.31. The van der Waals surface area contributed by atoms with E-state index in [1.54, 1.807) is 12.1 Å². The van der Waals surface area contributed by atoms with Crippen LogP contribution in [0.3, 0.4) is 0 Å². The first-order chi connectivity index (χ1) is 9.31. The molecule has 0 heterocycles. The summed E-state index contributed by atoms with van der Waals surface area (Å²) in [5.74, 6) is 3.95. The van der Waals surface area contributed by atoms with Gasteiger partial charge in [-0.3, -0.25) is 0 Å². The fourth-order valence-electron chi connectivity index (χ4n) is 5.54. The van der Waals surface area contributed by atoms with Gasteiger partial charge in [-0.05, 0) is 79.0 Å². The summed E-state index contributed by atoms with van der Waals surface area (Å²) in [5, 5.41) is 3.91.